The molecule has 0 unspecified atom stereocenters. The summed E-state index contributed by atoms with van der Waals surface area (Å²) >= 11 is 0. The Morgan fingerprint density at radius 3 is 2.71 bits per heavy atom. The minimum absolute atomic E-state index is 0.845. The molecule has 0 saturated carbocycles. The number of benzene rings is 1. The van der Waals surface area contributed by atoms with Gasteiger partial charge in [-0.2, -0.15) is 5.26 Å². The minimum Gasteiger partial charge on any atom is -0.319 e. The van der Waals surface area contributed by atoms with Crippen LogP contribution in [0.4, 0.5) is 0 Å². The van der Waals surface area contributed by atoms with Gasteiger partial charge < -0.3 is 4.57 Å². The van der Waals surface area contributed by atoms with Gasteiger partial charge in [-0.1, -0.05) is 18.2 Å². The molecule has 2 nitrogen and oxygen atoms in total. The smallest absolute Gasteiger partial charge is 0.109 e. The first kappa shape index (κ1) is 10.8. The Labute approximate surface area is 84.2 Å². The molecule has 1 rings (SSSR count). The SMILES string of the molecule is CP(C)(=O)c1cccc(/C=C/C#N)c1. The van der Waals surface area contributed by atoms with Crippen molar-refractivity contribution in [2.75, 3.05) is 13.3 Å². The van der Waals surface area contributed by atoms with E-state index < -0.39 is 7.14 Å². The summed E-state index contributed by atoms with van der Waals surface area (Å²) in [5.41, 5.74) is 0.910. The minimum atomic E-state index is -2.19. The fraction of sp³-hybridized carbons (Fsp3) is 0.182. The topological polar surface area (TPSA) is 40.9 Å². The molecule has 0 amide bonds. The fourth-order valence-electron chi connectivity index (χ4n) is 1.10. The highest BCUT2D eigenvalue weighted by molar-refractivity contribution is 7.70. The summed E-state index contributed by atoms with van der Waals surface area (Å²) in [7, 11) is -2.19. The lowest BCUT2D eigenvalue weighted by Crippen LogP contribution is -2.02. The molecule has 0 N–H and O–H groups in total. The number of nitrogens with zero attached hydrogens (tertiary/aromatic N) is 1. The molecule has 0 aliphatic rings. The van der Waals surface area contributed by atoms with Crippen molar-refractivity contribution in [2.24, 2.45) is 0 Å². The molecule has 0 saturated heterocycles. The van der Waals surface area contributed by atoms with Crippen molar-refractivity contribution < 1.29 is 4.57 Å². The first-order valence-electron chi connectivity index (χ1n) is 4.26. The summed E-state index contributed by atoms with van der Waals surface area (Å²) < 4.78 is 11.8. The number of allylic oxidation sites excluding steroid dienone is 1. The Hall–Kier alpha value is -1.32. The van der Waals surface area contributed by atoms with Crippen molar-refractivity contribution in [2.45, 2.75) is 0 Å². The molecule has 0 radical (unpaired) electrons. The average molecular weight is 205 g/mol. The van der Waals surface area contributed by atoms with Gasteiger partial charge in [-0.15, -0.1) is 0 Å². The molecule has 0 heterocycles. The summed E-state index contributed by atoms with van der Waals surface area (Å²) in [5.74, 6) is 0. The fourth-order valence-corrected chi connectivity index (χ4v) is 2.00. The van der Waals surface area contributed by atoms with Gasteiger partial charge in [-0.05, 0) is 31.0 Å². The van der Waals surface area contributed by atoms with Crippen molar-refractivity contribution in [1.29, 1.82) is 5.26 Å². The number of rotatable bonds is 2. The van der Waals surface area contributed by atoms with Crippen LogP contribution in [0.25, 0.3) is 6.08 Å². The van der Waals surface area contributed by atoms with Crippen molar-refractivity contribution in [3.8, 4) is 6.07 Å². The van der Waals surface area contributed by atoms with Gasteiger partial charge in [-0.3, -0.25) is 0 Å². The van der Waals surface area contributed by atoms with Crippen molar-refractivity contribution >= 4 is 18.5 Å². The largest absolute Gasteiger partial charge is 0.319 e. The second-order valence-electron chi connectivity index (χ2n) is 3.41. The van der Waals surface area contributed by atoms with Crippen LogP contribution in [0.1, 0.15) is 5.56 Å². The lowest BCUT2D eigenvalue weighted by molar-refractivity contribution is 0.588. The average Bonchev–Trinajstić information content (AvgIpc) is 2.14. The maximum Gasteiger partial charge on any atom is 0.109 e. The van der Waals surface area contributed by atoms with Gasteiger partial charge in [0.1, 0.15) is 7.14 Å². The van der Waals surface area contributed by atoms with Gasteiger partial charge >= 0.3 is 0 Å². The molecule has 0 fully saturated rings. The van der Waals surface area contributed by atoms with Crippen molar-refractivity contribution in [3.05, 3.63) is 35.9 Å². The Kier molecular flexibility index (Phi) is 3.28. The van der Waals surface area contributed by atoms with Crippen molar-refractivity contribution in [1.82, 2.24) is 0 Å². The maximum atomic E-state index is 11.8. The van der Waals surface area contributed by atoms with Crippen LogP contribution in [0.15, 0.2) is 30.3 Å². The summed E-state index contributed by atoms with van der Waals surface area (Å²) in [6.45, 7) is 3.47. The van der Waals surface area contributed by atoms with E-state index in [-0.39, 0.29) is 0 Å². The third kappa shape index (κ3) is 2.87. The van der Waals surface area contributed by atoms with Crippen LogP contribution in [0.3, 0.4) is 0 Å². The van der Waals surface area contributed by atoms with E-state index in [1.165, 1.54) is 6.08 Å². The highest BCUT2D eigenvalue weighted by Gasteiger charge is 2.09. The number of nitriles is 1. The maximum absolute atomic E-state index is 11.8. The number of hydrogen-bond acceptors (Lipinski definition) is 2. The van der Waals surface area contributed by atoms with E-state index in [2.05, 4.69) is 0 Å². The summed E-state index contributed by atoms with van der Waals surface area (Å²) in [6.07, 6.45) is 3.12. The van der Waals surface area contributed by atoms with Crippen molar-refractivity contribution in [3.63, 3.8) is 0 Å². The van der Waals surface area contributed by atoms with Gasteiger partial charge in [0, 0.05) is 11.4 Å². The predicted molar refractivity (Wildman–Crippen MR) is 60.2 cm³/mol. The van der Waals surface area contributed by atoms with E-state index >= 15 is 0 Å². The standard InChI is InChI=1S/C11H12NOP/c1-14(2,13)11-7-3-5-10(9-11)6-4-8-12/h3-7,9H,1-2H3/b6-4+. The highest BCUT2D eigenvalue weighted by Crippen LogP contribution is 2.34. The first-order chi connectivity index (χ1) is 6.54. The lowest BCUT2D eigenvalue weighted by Gasteiger charge is -2.06. The molecule has 0 aromatic heterocycles. The molecule has 1 aromatic rings. The van der Waals surface area contributed by atoms with Crippen LogP contribution in [0, 0.1) is 11.3 Å². The van der Waals surface area contributed by atoms with Gasteiger partial charge in [0.05, 0.1) is 6.07 Å². The first-order valence-corrected chi connectivity index (χ1v) is 6.86. The molecule has 0 spiro atoms. The van der Waals surface area contributed by atoms with Gasteiger partial charge in [0.15, 0.2) is 0 Å². The molecular weight excluding hydrogens is 193 g/mol. The summed E-state index contributed by atoms with van der Waals surface area (Å²) in [5, 5.41) is 9.21. The Morgan fingerprint density at radius 2 is 2.14 bits per heavy atom. The summed E-state index contributed by atoms with van der Waals surface area (Å²) in [6, 6.07) is 9.37. The molecule has 14 heavy (non-hydrogen) atoms. The zero-order chi connectivity index (χ0) is 10.6. The third-order valence-corrected chi connectivity index (χ3v) is 3.36. The van der Waals surface area contributed by atoms with Crippen LogP contribution < -0.4 is 5.30 Å². The van der Waals surface area contributed by atoms with E-state index in [1.54, 1.807) is 19.4 Å². The van der Waals surface area contributed by atoms with E-state index in [1.807, 2.05) is 30.3 Å². The number of hydrogen-bond donors (Lipinski definition) is 0. The third-order valence-electron chi connectivity index (χ3n) is 1.84. The molecular formula is C11H12NOP. The zero-order valence-corrected chi connectivity index (χ0v) is 9.16. The second kappa shape index (κ2) is 4.26. The normalized spacial score (nSPS) is 11.5. The molecule has 0 aliphatic heterocycles. The van der Waals surface area contributed by atoms with Crippen LogP contribution in [-0.2, 0) is 4.57 Å². The van der Waals surface area contributed by atoms with E-state index in [0.717, 1.165) is 10.9 Å². The molecule has 0 aliphatic carbocycles. The van der Waals surface area contributed by atoms with E-state index in [4.69, 9.17) is 5.26 Å². The van der Waals surface area contributed by atoms with E-state index in [9.17, 15) is 4.57 Å². The lowest BCUT2D eigenvalue weighted by atomic mass is 10.2. The van der Waals surface area contributed by atoms with Gasteiger partial charge in [0.25, 0.3) is 0 Å². The van der Waals surface area contributed by atoms with Crippen LogP contribution in [0.5, 0.6) is 0 Å². The molecule has 3 heteroatoms. The Balaban J connectivity index is 3.09. The van der Waals surface area contributed by atoms with Crippen LogP contribution in [-0.4, -0.2) is 13.3 Å². The summed E-state index contributed by atoms with van der Waals surface area (Å²) in [4.78, 5) is 0. The zero-order valence-electron chi connectivity index (χ0n) is 8.27. The van der Waals surface area contributed by atoms with Gasteiger partial charge in [0.2, 0.25) is 0 Å². The monoisotopic (exact) mass is 205 g/mol. The Bertz CT molecular complexity index is 437. The molecule has 72 valence electrons. The quantitative estimate of drug-likeness (QED) is 0.549. The van der Waals surface area contributed by atoms with Gasteiger partial charge in [-0.25, -0.2) is 0 Å². The molecule has 0 atom stereocenters. The van der Waals surface area contributed by atoms with E-state index in [0.29, 0.717) is 0 Å². The molecule has 0 bridgehead atoms. The highest BCUT2D eigenvalue weighted by atomic mass is 31.2. The van der Waals surface area contributed by atoms with Crippen LogP contribution in [0.2, 0.25) is 0 Å². The molecule has 1 aromatic carbocycles. The predicted octanol–water partition coefficient (Wildman–Crippen LogP) is 2.47. The van der Waals surface area contributed by atoms with Crippen LogP contribution >= 0.6 is 7.14 Å². The Morgan fingerprint density at radius 1 is 1.43 bits per heavy atom. The second-order valence-corrected chi connectivity index (χ2v) is 6.63.